The van der Waals surface area contributed by atoms with Gasteiger partial charge in [-0.1, -0.05) is 29.8 Å². The molecule has 10 atom stereocenters. The minimum absolute atomic E-state index is 0.0177. The van der Waals surface area contributed by atoms with Crippen molar-refractivity contribution in [2.75, 3.05) is 24.7 Å². The Balaban J connectivity index is 1.26. The number of carbonyl (C=O) groups is 2. The van der Waals surface area contributed by atoms with Gasteiger partial charge in [0.25, 0.3) is 0 Å². The highest BCUT2D eigenvalue weighted by Crippen LogP contribution is 2.50. The number of nitrogen functional groups attached to an aromatic ring is 2. The average Bonchev–Trinajstić information content (AvgIpc) is 3.85. The average molecular weight is 916 g/mol. The fourth-order valence-electron chi connectivity index (χ4n) is 6.45. The molecule has 6 rings (SSSR count). The number of nitrogens with two attached hydrogens (primary N) is 2. The molecule has 4 aromatic rings. The normalized spacial score (nSPS) is 25.5. The number of aromatic nitrogens is 6. The van der Waals surface area contributed by atoms with Crippen molar-refractivity contribution in [3.8, 4) is 0 Å². The van der Waals surface area contributed by atoms with E-state index in [1.54, 1.807) is 24.3 Å². The molecule has 0 saturated carbocycles. The number of aliphatic hydroxyl groups excluding tert-OH is 2. The number of fused-ring (bicyclic) bond motifs is 1. The zero-order valence-corrected chi connectivity index (χ0v) is 34.0. The highest BCUT2D eigenvalue weighted by Gasteiger charge is 2.52. The number of aliphatic hydroxyl groups is 2. The summed E-state index contributed by atoms with van der Waals surface area (Å²) in [5.74, 6) is -1.80. The maximum absolute atomic E-state index is 13.9. The molecule has 5 heterocycles. The Bertz CT molecular complexity index is 2400. The number of phosphoric acid groups is 2. The molecule has 2 aliphatic rings. The number of halogens is 1. The van der Waals surface area contributed by atoms with Gasteiger partial charge in [-0.05, 0) is 30.2 Å². The van der Waals surface area contributed by atoms with E-state index in [1.165, 1.54) is 23.0 Å². The first-order chi connectivity index (χ1) is 28.8. The summed E-state index contributed by atoms with van der Waals surface area (Å²) in [6, 6.07) is 6.27. The Labute approximate surface area is 349 Å². The number of benzene rings is 1. The molecular formula is C33H40ClN9O16P2. The molecule has 0 aliphatic carbocycles. The number of anilines is 2. The van der Waals surface area contributed by atoms with Crippen molar-refractivity contribution in [1.82, 2.24) is 34.4 Å². The van der Waals surface area contributed by atoms with E-state index in [-0.39, 0.29) is 42.1 Å². The fourth-order valence-corrected chi connectivity index (χ4v) is 7.97. The Kier molecular flexibility index (Phi) is 14.4. The number of nitrogens with zero attached hydrogens (tertiary/aromatic N) is 6. The van der Waals surface area contributed by atoms with Crippen molar-refractivity contribution < 1.29 is 71.4 Å². The number of phosphoric ester groups is 2. The van der Waals surface area contributed by atoms with Crippen LogP contribution < -0.4 is 22.5 Å². The Morgan fingerprint density at radius 2 is 1.69 bits per heavy atom. The van der Waals surface area contributed by atoms with Gasteiger partial charge in [0.1, 0.15) is 54.2 Å². The van der Waals surface area contributed by atoms with Gasteiger partial charge in [-0.25, -0.2) is 33.7 Å². The van der Waals surface area contributed by atoms with E-state index in [4.69, 9.17) is 46.3 Å². The lowest BCUT2D eigenvalue weighted by Gasteiger charge is -2.26. The second kappa shape index (κ2) is 19.1. The van der Waals surface area contributed by atoms with Crippen molar-refractivity contribution in [2.45, 2.75) is 74.4 Å². The lowest BCUT2D eigenvalue weighted by Crippen LogP contribution is -2.47. The van der Waals surface area contributed by atoms with Crippen molar-refractivity contribution in [1.29, 1.82) is 0 Å². The molecule has 0 bridgehead atoms. The van der Waals surface area contributed by atoms with Gasteiger partial charge in [0, 0.05) is 24.1 Å². The Hall–Kier alpha value is -4.72. The summed E-state index contributed by atoms with van der Waals surface area (Å²) in [4.78, 5) is 84.6. The van der Waals surface area contributed by atoms with Gasteiger partial charge in [-0.2, -0.15) is 4.98 Å². The minimum Gasteiger partial charge on any atom is -0.455 e. The minimum atomic E-state index is -5.42. The van der Waals surface area contributed by atoms with Gasteiger partial charge in [-0.3, -0.25) is 27.5 Å². The molecular weight excluding hydrogens is 876 g/mol. The standard InChI is InChI=1S/C33H40ClN9O16P2/c1-2-3-7-22(44)40-18(11-16-5-4-6-17(34)10-16)32(47)58-26-19(56-31(24(26)45)43-15-39-23-28(36)37-14-38-29(23)43)13-55-61(52,53)59-27-20(12-54-60(49,50)51)57-30(25(27)46)42-9-8-21(35)41-33(42)48/h2,4-6,8-10,14-15,18-20,24-27,30-31,45-46H,1,3,7,11-13H2,(H,40,44)(H,52,53)(H2,35,41,48)(H2,36,37,38)(H2,49,50,51)/t18-,19?,20-,24?,25-,26?,27-,30-,31?/m1/s1. The van der Waals surface area contributed by atoms with Crippen LogP contribution in [0.3, 0.4) is 0 Å². The van der Waals surface area contributed by atoms with Crippen LogP contribution in [0.2, 0.25) is 5.02 Å². The lowest BCUT2D eigenvalue weighted by atomic mass is 10.0. The van der Waals surface area contributed by atoms with E-state index in [2.05, 4.69) is 36.4 Å². The van der Waals surface area contributed by atoms with Crippen molar-refractivity contribution in [3.05, 3.63) is 82.9 Å². The molecule has 1 aromatic carbocycles. The fraction of sp³-hybridized carbons (Fsp3) is 0.424. The molecule has 2 fully saturated rings. The van der Waals surface area contributed by atoms with E-state index in [0.29, 0.717) is 10.6 Å². The van der Waals surface area contributed by atoms with Crippen LogP contribution in [-0.2, 0) is 52.9 Å². The van der Waals surface area contributed by atoms with Crippen LogP contribution >= 0.6 is 27.2 Å². The van der Waals surface area contributed by atoms with Gasteiger partial charge >= 0.3 is 27.3 Å². The lowest BCUT2D eigenvalue weighted by molar-refractivity contribution is -0.160. The van der Waals surface area contributed by atoms with Crippen molar-refractivity contribution in [3.63, 3.8) is 0 Å². The van der Waals surface area contributed by atoms with Gasteiger partial charge < -0.3 is 55.9 Å². The monoisotopic (exact) mass is 915 g/mol. The van der Waals surface area contributed by atoms with Crippen LogP contribution in [-0.4, -0.2) is 122 Å². The van der Waals surface area contributed by atoms with E-state index < -0.39 is 102 Å². The number of hydrogen-bond acceptors (Lipinski definition) is 19. The van der Waals surface area contributed by atoms with Crippen LogP contribution in [0.1, 0.15) is 30.9 Å². The number of imidazole rings is 1. The molecule has 25 nitrogen and oxygen atoms in total. The Morgan fingerprint density at radius 3 is 2.38 bits per heavy atom. The number of hydrogen-bond donors (Lipinski definition) is 8. The molecule has 10 N–H and O–H groups in total. The zero-order chi connectivity index (χ0) is 44.2. The SMILES string of the molecule is C=CCCC(=O)N[C@H](Cc1cccc(Cl)c1)C(=O)OC1C(COP(=O)(O)O[C@H]2[C@@H](O)[C@H](n3ccc(N)nc3=O)O[C@@H]2COP(=O)(O)O)OC(n2cnc3c(N)ncnc32)C1O. The number of nitrogens with one attached hydrogen (secondary N) is 1. The van der Waals surface area contributed by atoms with E-state index in [0.717, 1.165) is 17.1 Å². The number of amides is 1. The predicted molar refractivity (Wildman–Crippen MR) is 208 cm³/mol. The summed E-state index contributed by atoms with van der Waals surface area (Å²) >= 11 is 6.16. The second-order valence-corrected chi connectivity index (χ2v) is 16.6. The smallest absolute Gasteiger partial charge is 0.455 e. The topological polar surface area (TPSA) is 367 Å². The number of carbonyl (C=O) groups excluding carboxylic acids is 2. The van der Waals surface area contributed by atoms with E-state index in [9.17, 15) is 48.4 Å². The van der Waals surface area contributed by atoms with Crippen molar-refractivity contribution >= 4 is 61.9 Å². The van der Waals surface area contributed by atoms with Gasteiger partial charge in [-0.15, -0.1) is 6.58 Å². The van der Waals surface area contributed by atoms with Crippen molar-refractivity contribution in [2.24, 2.45) is 0 Å². The summed E-state index contributed by atoms with van der Waals surface area (Å²) in [5, 5.41) is 25.8. The molecule has 28 heteroatoms. The molecule has 0 spiro atoms. The summed E-state index contributed by atoms with van der Waals surface area (Å²) < 4.78 is 59.5. The molecule has 0 radical (unpaired) electrons. The second-order valence-electron chi connectivity index (χ2n) is 13.5. The summed E-state index contributed by atoms with van der Waals surface area (Å²) in [6.07, 6.45) is -8.88. The third-order valence-electron chi connectivity index (χ3n) is 9.25. The highest BCUT2D eigenvalue weighted by molar-refractivity contribution is 7.47. The predicted octanol–water partition coefficient (Wildman–Crippen LogP) is -0.365. The summed E-state index contributed by atoms with van der Waals surface area (Å²) in [6.45, 7) is 1.59. The van der Waals surface area contributed by atoms with E-state index >= 15 is 0 Å². The first kappa shape index (κ1) is 45.8. The summed E-state index contributed by atoms with van der Waals surface area (Å²) in [5.41, 5.74) is 11.2. The zero-order valence-electron chi connectivity index (χ0n) is 31.5. The number of esters is 1. The van der Waals surface area contributed by atoms with Gasteiger partial charge in [0.05, 0.1) is 19.5 Å². The molecule has 2 aliphatic heterocycles. The van der Waals surface area contributed by atoms with Crippen LogP contribution in [0, 0.1) is 0 Å². The Morgan fingerprint density at radius 1 is 1.00 bits per heavy atom. The molecule has 2 saturated heterocycles. The van der Waals surface area contributed by atoms with Gasteiger partial charge in [0.15, 0.2) is 30.0 Å². The molecule has 1 amide bonds. The van der Waals surface area contributed by atoms with Crippen LogP contribution in [0.5, 0.6) is 0 Å². The first-order valence-electron chi connectivity index (χ1n) is 18.0. The van der Waals surface area contributed by atoms with Gasteiger partial charge in [0.2, 0.25) is 5.91 Å². The van der Waals surface area contributed by atoms with Crippen LogP contribution in [0.15, 0.2) is 66.6 Å². The maximum atomic E-state index is 13.9. The largest absolute Gasteiger partial charge is 0.472 e. The third-order valence-corrected chi connectivity index (χ3v) is 11.0. The third kappa shape index (κ3) is 11.2. The molecule has 3 aromatic heterocycles. The van der Waals surface area contributed by atoms with E-state index in [1.807, 2.05) is 0 Å². The van der Waals surface area contributed by atoms with Crippen LogP contribution in [0.4, 0.5) is 11.6 Å². The number of rotatable bonds is 18. The summed E-state index contributed by atoms with van der Waals surface area (Å²) in [7, 11) is -10.6. The number of ether oxygens (including phenoxy) is 3. The van der Waals surface area contributed by atoms with Crippen LogP contribution in [0.25, 0.3) is 11.2 Å². The molecule has 5 unspecified atom stereocenters. The molecule has 61 heavy (non-hydrogen) atoms. The number of allylic oxidation sites excluding steroid dienone is 1. The quantitative estimate of drug-likeness (QED) is 0.0359. The first-order valence-corrected chi connectivity index (χ1v) is 21.4. The maximum Gasteiger partial charge on any atom is 0.472 e. The highest BCUT2D eigenvalue weighted by atomic mass is 35.5. The molecule has 330 valence electrons.